The van der Waals surface area contributed by atoms with Crippen LogP contribution >= 0.6 is 11.3 Å². The second-order valence-electron chi connectivity index (χ2n) is 7.95. The minimum absolute atomic E-state index is 0.147. The molecule has 0 fully saturated rings. The summed E-state index contributed by atoms with van der Waals surface area (Å²) < 4.78 is 33.5. The summed E-state index contributed by atoms with van der Waals surface area (Å²) in [7, 11) is -4.28. The predicted octanol–water partition coefficient (Wildman–Crippen LogP) is 4.10. The number of anilines is 1. The third-order valence-electron chi connectivity index (χ3n) is 5.83. The van der Waals surface area contributed by atoms with E-state index in [1.165, 1.54) is 23.5 Å². The van der Waals surface area contributed by atoms with Crippen molar-refractivity contribution in [3.05, 3.63) is 103 Å². The lowest BCUT2D eigenvalue weighted by molar-refractivity contribution is 0.483. The van der Waals surface area contributed by atoms with Gasteiger partial charge in [0.2, 0.25) is 10.9 Å². The Labute approximate surface area is 198 Å². The molecule has 0 aromatic heterocycles. The van der Waals surface area contributed by atoms with Crippen LogP contribution in [0.25, 0.3) is 21.0 Å². The van der Waals surface area contributed by atoms with Crippen molar-refractivity contribution < 1.29 is 13.0 Å². The van der Waals surface area contributed by atoms with E-state index in [4.69, 9.17) is 0 Å². The maximum absolute atomic E-state index is 12.8. The number of rotatable bonds is 5. The first kappa shape index (κ1) is 22.3. The van der Waals surface area contributed by atoms with Crippen LogP contribution in [0, 0.1) is 9.88 Å². The minimum Gasteiger partial charge on any atom is -0.367 e. The Balaban J connectivity index is 1.63. The van der Waals surface area contributed by atoms with E-state index in [1.54, 1.807) is 24.3 Å². The van der Waals surface area contributed by atoms with Crippen LogP contribution in [0.3, 0.4) is 0 Å². The number of nitrogens with one attached hydrogen (secondary N) is 1. The van der Waals surface area contributed by atoms with E-state index in [0.29, 0.717) is 28.4 Å². The molecule has 5 rings (SSSR count). The van der Waals surface area contributed by atoms with E-state index >= 15 is 0 Å². The molecule has 0 saturated heterocycles. The van der Waals surface area contributed by atoms with Crippen LogP contribution in [-0.2, 0) is 16.7 Å². The molecule has 0 atom stereocenters. The second kappa shape index (κ2) is 8.35. The summed E-state index contributed by atoms with van der Waals surface area (Å²) in [6.07, 6.45) is 0. The number of fused-ring (bicyclic) bond motifs is 3. The molecule has 34 heavy (non-hydrogen) atoms. The predicted molar refractivity (Wildman–Crippen MR) is 135 cm³/mol. The van der Waals surface area contributed by atoms with Gasteiger partial charge < -0.3 is 9.88 Å². The average molecular weight is 493 g/mol. The molecule has 7 nitrogen and oxygen atoms in total. The minimum atomic E-state index is -4.28. The van der Waals surface area contributed by atoms with E-state index in [1.807, 2.05) is 37.3 Å². The van der Waals surface area contributed by atoms with Gasteiger partial charge in [-0.1, -0.05) is 36.4 Å². The molecule has 0 radical (unpaired) electrons. The number of aromatic amines is 1. The van der Waals surface area contributed by atoms with Crippen molar-refractivity contribution in [3.8, 4) is 0 Å². The highest BCUT2D eigenvalue weighted by Gasteiger charge is 2.13. The summed E-state index contributed by atoms with van der Waals surface area (Å²) in [6.45, 7) is 3.06. The molecule has 1 aliphatic carbocycles. The first-order chi connectivity index (χ1) is 16.3. The van der Waals surface area contributed by atoms with Gasteiger partial charge in [-0.15, -0.1) is 11.3 Å². The Bertz CT molecular complexity index is 1860. The van der Waals surface area contributed by atoms with Gasteiger partial charge in [-0.3, -0.25) is 14.1 Å². The van der Waals surface area contributed by atoms with Crippen molar-refractivity contribution in [2.45, 2.75) is 18.4 Å². The van der Waals surface area contributed by atoms with E-state index in [0.717, 1.165) is 26.9 Å². The van der Waals surface area contributed by atoms with Crippen molar-refractivity contribution in [2.24, 2.45) is 0 Å². The molecule has 9 heteroatoms. The lowest BCUT2D eigenvalue weighted by atomic mass is 10.1. The van der Waals surface area contributed by atoms with Crippen LogP contribution in [0.5, 0.6) is 0 Å². The number of nitrogens with zero attached hydrogens (tertiary/aromatic N) is 1. The summed E-state index contributed by atoms with van der Waals surface area (Å²) >= 11 is 1.28. The molecule has 0 spiro atoms. The van der Waals surface area contributed by atoms with Crippen molar-refractivity contribution in [2.75, 3.05) is 11.4 Å². The molecule has 1 heterocycles. The third kappa shape index (κ3) is 3.87. The molecular formula is C25H20N2O5S2. The van der Waals surface area contributed by atoms with Crippen LogP contribution in [0.1, 0.15) is 12.5 Å². The van der Waals surface area contributed by atoms with Gasteiger partial charge in [0.1, 0.15) is 4.53 Å². The molecule has 0 bridgehead atoms. The number of H-pyrrole nitrogens is 1. The lowest BCUT2D eigenvalue weighted by Crippen LogP contribution is -2.25. The molecule has 0 amide bonds. The molecular weight excluding hydrogens is 472 g/mol. The molecule has 172 valence electrons. The van der Waals surface area contributed by atoms with E-state index in [9.17, 15) is 22.6 Å². The highest BCUT2D eigenvalue weighted by Crippen LogP contribution is 2.27. The van der Waals surface area contributed by atoms with Crippen LogP contribution in [0.2, 0.25) is 0 Å². The fourth-order valence-corrected chi connectivity index (χ4v) is 5.76. The van der Waals surface area contributed by atoms with Gasteiger partial charge in [-0.05, 0) is 42.8 Å². The molecule has 1 aliphatic heterocycles. The first-order valence-corrected chi connectivity index (χ1v) is 12.8. The summed E-state index contributed by atoms with van der Waals surface area (Å²) in [5.74, 6) is 0. The zero-order chi connectivity index (χ0) is 24.0. The first-order valence-electron chi connectivity index (χ1n) is 10.6. The number of aromatic nitrogens is 1. The molecule has 2 N–H and O–H groups in total. The smallest absolute Gasteiger partial charge is 0.294 e. The largest absolute Gasteiger partial charge is 0.367 e. The monoisotopic (exact) mass is 492 g/mol. The van der Waals surface area contributed by atoms with Crippen molar-refractivity contribution in [3.63, 3.8) is 0 Å². The SMILES string of the molecule is CCN(Cc1cccc(S(=O)(=O)O)c1)c1ccc2[nH]c3c4ccccc4c(=O)c(=O)c=3sc2c1. The van der Waals surface area contributed by atoms with Gasteiger partial charge in [-0.25, -0.2) is 0 Å². The van der Waals surface area contributed by atoms with Gasteiger partial charge in [0, 0.05) is 29.5 Å². The van der Waals surface area contributed by atoms with Gasteiger partial charge in [0.25, 0.3) is 10.1 Å². The Kier molecular flexibility index (Phi) is 5.47. The van der Waals surface area contributed by atoms with E-state index in [-0.39, 0.29) is 4.90 Å². The zero-order valence-electron chi connectivity index (χ0n) is 18.1. The number of hydrogen-bond donors (Lipinski definition) is 2. The second-order valence-corrected chi connectivity index (χ2v) is 10.4. The summed E-state index contributed by atoms with van der Waals surface area (Å²) in [6, 6.07) is 19.1. The maximum Gasteiger partial charge on any atom is 0.294 e. The average Bonchev–Trinajstić information content (AvgIpc) is 2.84. The van der Waals surface area contributed by atoms with Gasteiger partial charge >= 0.3 is 0 Å². The Hall–Kier alpha value is -3.53. The third-order valence-corrected chi connectivity index (χ3v) is 7.84. The topological polar surface area (TPSA) is 108 Å². The molecule has 0 unspecified atom stereocenters. The summed E-state index contributed by atoms with van der Waals surface area (Å²) in [5.41, 5.74) is 1.43. The van der Waals surface area contributed by atoms with E-state index in [2.05, 4.69) is 9.88 Å². The van der Waals surface area contributed by atoms with Crippen molar-refractivity contribution in [1.29, 1.82) is 0 Å². The molecule has 2 aliphatic rings. The Morgan fingerprint density at radius 3 is 2.44 bits per heavy atom. The van der Waals surface area contributed by atoms with Crippen molar-refractivity contribution >= 4 is 48.1 Å². The maximum atomic E-state index is 12.8. The fourth-order valence-electron chi connectivity index (χ4n) is 4.13. The van der Waals surface area contributed by atoms with Gasteiger partial charge in [-0.2, -0.15) is 8.42 Å². The number of hydrogen-bond acceptors (Lipinski definition) is 6. The quantitative estimate of drug-likeness (QED) is 0.283. The highest BCUT2D eigenvalue weighted by molar-refractivity contribution is 7.85. The zero-order valence-corrected chi connectivity index (χ0v) is 19.7. The normalized spacial score (nSPS) is 11.9. The van der Waals surface area contributed by atoms with Crippen LogP contribution in [0.4, 0.5) is 5.69 Å². The summed E-state index contributed by atoms with van der Waals surface area (Å²) in [4.78, 5) is 30.7. The fraction of sp³-hybridized carbons (Fsp3) is 0.120. The number of benzene rings is 3. The highest BCUT2D eigenvalue weighted by atomic mass is 32.2. The molecule has 3 aromatic carbocycles. The van der Waals surface area contributed by atoms with E-state index < -0.39 is 21.0 Å². The molecule has 3 aromatic rings. The van der Waals surface area contributed by atoms with Crippen LogP contribution in [-0.4, -0.2) is 24.5 Å². The van der Waals surface area contributed by atoms with Gasteiger partial charge in [0.15, 0.2) is 0 Å². The standard InChI is InChI=1S/C25H20N2O5S2/c1-2-27(14-15-6-5-7-17(12-15)34(30,31)32)16-10-11-20-21(13-16)33-25-22(26-20)18-8-3-4-9-19(18)23(28)24(25)29/h3-13,26H,2,14H2,1H3,(H,30,31,32). The lowest BCUT2D eigenvalue weighted by Gasteiger charge is -2.24. The van der Waals surface area contributed by atoms with Crippen molar-refractivity contribution in [1.82, 2.24) is 4.98 Å². The van der Waals surface area contributed by atoms with Crippen LogP contribution in [0.15, 0.2) is 81.2 Å². The Morgan fingerprint density at radius 1 is 0.941 bits per heavy atom. The van der Waals surface area contributed by atoms with Crippen LogP contribution < -0.4 is 15.8 Å². The van der Waals surface area contributed by atoms with Gasteiger partial charge in [0.05, 0.1) is 20.5 Å². The molecule has 0 saturated carbocycles. The Morgan fingerprint density at radius 2 is 1.71 bits per heavy atom. The summed E-state index contributed by atoms with van der Waals surface area (Å²) in [5, 5.41) is 1.78.